The number of alkyl halides is 8. The summed E-state index contributed by atoms with van der Waals surface area (Å²) in [4.78, 5) is 0. The molecule has 0 heterocycles. The largest absolute Gasteiger partial charge is 0.379 e. The first-order valence-electron chi connectivity index (χ1n) is 2.94. The van der Waals surface area contributed by atoms with E-state index >= 15 is 0 Å². The van der Waals surface area contributed by atoms with Gasteiger partial charge in [0.25, 0.3) is 5.67 Å². The quantitative estimate of drug-likeness (QED) is 0.588. The van der Waals surface area contributed by atoms with Crippen LogP contribution >= 0.6 is 0 Å². The van der Waals surface area contributed by atoms with Gasteiger partial charge in [0.05, 0.1) is 0 Å². The Labute approximate surface area is 66.5 Å². The molecule has 13 heavy (non-hydrogen) atoms. The summed E-state index contributed by atoms with van der Waals surface area (Å²) in [5.41, 5.74) is -5.09. The number of rotatable bonds is 1. The Morgan fingerprint density at radius 1 is 0.615 bits per heavy atom. The highest BCUT2D eigenvalue weighted by Gasteiger charge is 3.00. The minimum Gasteiger partial charge on any atom is -0.247 e. The Bertz CT molecular complexity index is 213. The zero-order chi connectivity index (χ0) is 10.7. The summed E-state index contributed by atoms with van der Waals surface area (Å²) < 4.78 is 95.6. The van der Waals surface area contributed by atoms with E-state index in [1.807, 2.05) is 0 Å². The second kappa shape index (κ2) is 2.09. The predicted molar refractivity (Wildman–Crippen MR) is 24.7 cm³/mol. The van der Waals surface area contributed by atoms with E-state index in [4.69, 9.17) is 0 Å². The summed E-state index contributed by atoms with van der Waals surface area (Å²) in [6.45, 7) is -2.86. The van der Waals surface area contributed by atoms with Crippen molar-refractivity contribution < 1.29 is 35.1 Å². The third-order valence-electron chi connectivity index (χ3n) is 1.97. The fourth-order valence-corrected chi connectivity index (χ4v) is 0.997. The summed E-state index contributed by atoms with van der Waals surface area (Å²) in [5.74, 6) is -17.2. The molecule has 1 rings (SSSR count). The van der Waals surface area contributed by atoms with Crippen LogP contribution in [0.1, 0.15) is 0 Å². The number of halogens is 8. The molecule has 0 nitrogen and oxygen atoms in total. The minimum atomic E-state index is -5.83. The van der Waals surface area contributed by atoms with Gasteiger partial charge in [0.15, 0.2) is 0 Å². The first-order valence-corrected chi connectivity index (χ1v) is 2.94. The monoisotopic (exact) mass is 214 g/mol. The molecule has 0 unspecified atom stereocenters. The zero-order valence-electron chi connectivity index (χ0n) is 5.73. The first kappa shape index (κ1) is 10.5. The van der Waals surface area contributed by atoms with Crippen molar-refractivity contribution in [2.45, 2.75) is 23.4 Å². The molecule has 0 aromatic carbocycles. The zero-order valence-corrected chi connectivity index (χ0v) is 5.73. The van der Waals surface area contributed by atoms with Crippen molar-refractivity contribution in [2.24, 2.45) is 0 Å². The average molecular weight is 214 g/mol. The molecule has 0 aromatic heterocycles. The van der Waals surface area contributed by atoms with Crippen molar-refractivity contribution in [3.63, 3.8) is 0 Å². The van der Waals surface area contributed by atoms with Gasteiger partial charge < -0.3 is 0 Å². The standard InChI is InChI=1S/C5H2F8/c6-1-2(7)3(8,9)5(12,13)4(2,10)11/h1H2. The van der Waals surface area contributed by atoms with Crippen LogP contribution in [0.15, 0.2) is 0 Å². The molecule has 0 aliphatic heterocycles. The van der Waals surface area contributed by atoms with Gasteiger partial charge in [0.2, 0.25) is 0 Å². The lowest BCUT2D eigenvalue weighted by atomic mass is 9.70. The molecule has 0 saturated heterocycles. The molecular weight excluding hydrogens is 212 g/mol. The molecule has 0 spiro atoms. The molecule has 8 heteroatoms. The van der Waals surface area contributed by atoms with Crippen molar-refractivity contribution in [1.82, 2.24) is 0 Å². The van der Waals surface area contributed by atoms with Crippen molar-refractivity contribution in [2.75, 3.05) is 6.67 Å². The molecule has 1 saturated carbocycles. The van der Waals surface area contributed by atoms with Crippen molar-refractivity contribution in [1.29, 1.82) is 0 Å². The van der Waals surface area contributed by atoms with Crippen LogP contribution in [0.2, 0.25) is 0 Å². The van der Waals surface area contributed by atoms with Gasteiger partial charge in [0.1, 0.15) is 6.67 Å². The van der Waals surface area contributed by atoms with Gasteiger partial charge >= 0.3 is 17.8 Å². The van der Waals surface area contributed by atoms with Crippen LogP contribution in [0.4, 0.5) is 35.1 Å². The van der Waals surface area contributed by atoms with Crippen LogP contribution < -0.4 is 0 Å². The lowest BCUT2D eigenvalue weighted by Gasteiger charge is -2.52. The summed E-state index contributed by atoms with van der Waals surface area (Å²) >= 11 is 0. The molecule has 1 aliphatic carbocycles. The van der Waals surface area contributed by atoms with Crippen molar-refractivity contribution in [3.8, 4) is 0 Å². The van der Waals surface area contributed by atoms with Crippen molar-refractivity contribution >= 4 is 0 Å². The van der Waals surface area contributed by atoms with Crippen LogP contribution in [-0.2, 0) is 0 Å². The van der Waals surface area contributed by atoms with Crippen LogP contribution in [0, 0.1) is 0 Å². The minimum absolute atomic E-state index is 2.86. The molecule has 1 aliphatic rings. The Morgan fingerprint density at radius 2 is 0.923 bits per heavy atom. The van der Waals surface area contributed by atoms with Gasteiger partial charge in [0, 0.05) is 0 Å². The van der Waals surface area contributed by atoms with Gasteiger partial charge in [-0.15, -0.1) is 0 Å². The molecule has 0 radical (unpaired) electrons. The maximum Gasteiger partial charge on any atom is 0.379 e. The Balaban J connectivity index is 3.18. The smallest absolute Gasteiger partial charge is 0.247 e. The second-order valence-corrected chi connectivity index (χ2v) is 2.66. The molecule has 78 valence electrons. The maximum absolute atomic E-state index is 12.3. The SMILES string of the molecule is FCC1(F)C(F)(F)C(F)(F)C1(F)F. The van der Waals surface area contributed by atoms with Crippen LogP contribution in [0.3, 0.4) is 0 Å². The highest BCUT2D eigenvalue weighted by atomic mass is 19.4. The normalized spacial score (nSPS) is 32.3. The third kappa shape index (κ3) is 0.690. The van der Waals surface area contributed by atoms with Gasteiger partial charge in [-0.2, -0.15) is 26.3 Å². The molecular formula is C5H2F8. The highest BCUT2D eigenvalue weighted by Crippen LogP contribution is 2.68. The second-order valence-electron chi connectivity index (χ2n) is 2.66. The van der Waals surface area contributed by atoms with Gasteiger partial charge in [-0.3, -0.25) is 0 Å². The van der Waals surface area contributed by atoms with E-state index in [1.54, 1.807) is 0 Å². The molecule has 0 atom stereocenters. The Hall–Kier alpha value is -0.560. The average Bonchev–Trinajstić information content (AvgIpc) is 2.00. The molecule has 0 bridgehead atoms. The fourth-order valence-electron chi connectivity index (χ4n) is 0.997. The Kier molecular flexibility index (Phi) is 1.69. The molecule has 0 N–H and O–H groups in total. The van der Waals surface area contributed by atoms with E-state index in [0.29, 0.717) is 0 Å². The van der Waals surface area contributed by atoms with Crippen LogP contribution in [0.25, 0.3) is 0 Å². The van der Waals surface area contributed by atoms with E-state index in [9.17, 15) is 35.1 Å². The molecule has 0 aromatic rings. The van der Waals surface area contributed by atoms with Crippen molar-refractivity contribution in [3.05, 3.63) is 0 Å². The van der Waals surface area contributed by atoms with E-state index in [1.165, 1.54) is 0 Å². The third-order valence-corrected chi connectivity index (χ3v) is 1.97. The Morgan fingerprint density at radius 3 is 1.08 bits per heavy atom. The summed E-state index contributed by atoms with van der Waals surface area (Å²) in [5, 5.41) is 0. The predicted octanol–water partition coefficient (Wildman–Crippen LogP) is 2.58. The summed E-state index contributed by atoms with van der Waals surface area (Å²) in [6.07, 6.45) is 0. The van der Waals surface area contributed by atoms with Gasteiger partial charge in [-0.25, -0.2) is 8.78 Å². The summed E-state index contributed by atoms with van der Waals surface area (Å²) in [6, 6.07) is 0. The maximum atomic E-state index is 12.3. The van der Waals surface area contributed by atoms with E-state index in [-0.39, 0.29) is 0 Å². The highest BCUT2D eigenvalue weighted by molar-refractivity contribution is 5.27. The van der Waals surface area contributed by atoms with E-state index in [2.05, 4.69) is 0 Å². The van der Waals surface area contributed by atoms with E-state index < -0.39 is 30.1 Å². The molecule has 1 fully saturated rings. The number of hydrogen-bond donors (Lipinski definition) is 0. The molecule has 0 amide bonds. The fraction of sp³-hybridized carbons (Fsp3) is 1.00. The van der Waals surface area contributed by atoms with Crippen LogP contribution in [-0.4, -0.2) is 30.1 Å². The van der Waals surface area contributed by atoms with E-state index in [0.717, 1.165) is 0 Å². The summed E-state index contributed by atoms with van der Waals surface area (Å²) in [7, 11) is 0. The lowest BCUT2D eigenvalue weighted by molar-refractivity contribution is -0.474. The van der Waals surface area contributed by atoms with Crippen LogP contribution in [0.5, 0.6) is 0 Å². The van der Waals surface area contributed by atoms with Gasteiger partial charge in [-0.05, 0) is 0 Å². The lowest BCUT2D eigenvalue weighted by Crippen LogP contribution is -2.85. The first-order chi connectivity index (χ1) is 5.56. The topological polar surface area (TPSA) is 0 Å². The van der Waals surface area contributed by atoms with Gasteiger partial charge in [-0.1, -0.05) is 0 Å². The number of hydrogen-bond acceptors (Lipinski definition) is 0.